The van der Waals surface area contributed by atoms with Gasteiger partial charge in [-0.15, -0.1) is 0 Å². The molecule has 1 aliphatic heterocycles. The molecule has 3 atom stereocenters. The molecule has 1 aliphatic carbocycles. The predicted molar refractivity (Wildman–Crippen MR) is 85.6 cm³/mol. The van der Waals surface area contributed by atoms with E-state index in [0.717, 1.165) is 5.56 Å². The third kappa shape index (κ3) is 3.08. The quantitative estimate of drug-likeness (QED) is 0.889. The molecule has 1 heterocycles. The largest absolute Gasteiger partial charge is 0.496 e. The van der Waals surface area contributed by atoms with Crippen molar-refractivity contribution in [1.29, 1.82) is 0 Å². The Morgan fingerprint density at radius 1 is 1.35 bits per heavy atom. The Hall–Kier alpha value is -1.95. The molecule has 0 bridgehead atoms. The van der Waals surface area contributed by atoms with Gasteiger partial charge in [0.25, 0.3) is 0 Å². The number of carbonyl (C=O) groups is 1. The lowest BCUT2D eigenvalue weighted by molar-refractivity contribution is 0.100. The van der Waals surface area contributed by atoms with E-state index in [0.29, 0.717) is 42.0 Å². The molecular formula is C17H24N2O4. The number of hydrogen-bond donors (Lipinski definition) is 2. The number of fused-ring (bicyclic) bond motifs is 1. The van der Waals surface area contributed by atoms with Crippen LogP contribution in [0.15, 0.2) is 12.1 Å². The summed E-state index contributed by atoms with van der Waals surface area (Å²) < 4.78 is 10.7. The number of aliphatic hydroxyl groups excluding tert-OH is 1. The van der Waals surface area contributed by atoms with Crippen molar-refractivity contribution in [3.05, 3.63) is 23.3 Å². The molecule has 1 aromatic rings. The number of nitrogens with zero attached hydrogens (tertiary/aromatic N) is 1. The zero-order valence-corrected chi connectivity index (χ0v) is 13.8. The van der Waals surface area contributed by atoms with Crippen LogP contribution in [0.1, 0.15) is 30.6 Å². The van der Waals surface area contributed by atoms with Gasteiger partial charge in [0, 0.05) is 17.7 Å². The van der Waals surface area contributed by atoms with E-state index in [4.69, 9.17) is 9.47 Å². The van der Waals surface area contributed by atoms with Gasteiger partial charge < -0.3 is 24.8 Å². The number of nitrogens with one attached hydrogen (secondary N) is 1. The Balaban J connectivity index is 1.77. The number of rotatable bonds is 4. The van der Waals surface area contributed by atoms with Gasteiger partial charge in [-0.25, -0.2) is 4.79 Å². The molecule has 0 saturated heterocycles. The van der Waals surface area contributed by atoms with Crippen LogP contribution in [0, 0.1) is 11.8 Å². The number of urea groups is 1. The van der Waals surface area contributed by atoms with Crippen LogP contribution in [-0.2, 0) is 6.54 Å². The lowest BCUT2D eigenvalue weighted by Crippen LogP contribution is -2.45. The van der Waals surface area contributed by atoms with E-state index >= 15 is 0 Å². The van der Waals surface area contributed by atoms with Crippen molar-refractivity contribution in [3.8, 4) is 11.5 Å². The van der Waals surface area contributed by atoms with Gasteiger partial charge in [0.05, 0.1) is 27.3 Å². The maximum Gasteiger partial charge on any atom is 0.317 e. The van der Waals surface area contributed by atoms with Crippen LogP contribution in [0.3, 0.4) is 0 Å². The van der Waals surface area contributed by atoms with Gasteiger partial charge in [0.15, 0.2) is 0 Å². The second-order valence-corrected chi connectivity index (χ2v) is 6.42. The molecule has 23 heavy (non-hydrogen) atoms. The molecule has 1 fully saturated rings. The summed E-state index contributed by atoms with van der Waals surface area (Å²) >= 11 is 0. The van der Waals surface area contributed by atoms with Crippen molar-refractivity contribution in [3.63, 3.8) is 0 Å². The average molecular weight is 320 g/mol. The second-order valence-electron chi connectivity index (χ2n) is 6.42. The Labute approximate surface area is 136 Å². The minimum Gasteiger partial charge on any atom is -0.496 e. The van der Waals surface area contributed by atoms with Crippen LogP contribution in [0.5, 0.6) is 11.5 Å². The topological polar surface area (TPSA) is 71.0 Å². The average Bonchev–Trinajstić information content (AvgIpc) is 3.26. The molecule has 3 rings (SSSR count). The first kappa shape index (κ1) is 15.9. The number of hydrogen-bond acceptors (Lipinski definition) is 4. The van der Waals surface area contributed by atoms with Crippen molar-refractivity contribution in [2.45, 2.75) is 26.0 Å². The highest BCUT2D eigenvalue weighted by Gasteiger charge is 2.35. The van der Waals surface area contributed by atoms with E-state index in [-0.39, 0.29) is 12.6 Å². The van der Waals surface area contributed by atoms with Crippen molar-refractivity contribution in [1.82, 2.24) is 10.2 Å². The Bertz CT molecular complexity index is 605. The molecule has 0 aromatic heterocycles. The lowest BCUT2D eigenvalue weighted by atomic mass is 9.95. The maximum absolute atomic E-state index is 12.4. The van der Waals surface area contributed by atoms with Gasteiger partial charge in [-0.2, -0.15) is 0 Å². The summed E-state index contributed by atoms with van der Waals surface area (Å²) in [4.78, 5) is 14.0. The summed E-state index contributed by atoms with van der Waals surface area (Å²) in [6.07, 6.45) is 0.394. The highest BCUT2D eigenvalue weighted by atomic mass is 16.5. The summed E-state index contributed by atoms with van der Waals surface area (Å²) in [6, 6.07) is 3.45. The van der Waals surface area contributed by atoms with Gasteiger partial charge in [-0.1, -0.05) is 6.92 Å². The van der Waals surface area contributed by atoms with Crippen molar-refractivity contribution in [2.24, 2.45) is 11.8 Å². The highest BCUT2D eigenvalue weighted by molar-refractivity contribution is 5.75. The van der Waals surface area contributed by atoms with E-state index in [1.54, 1.807) is 31.3 Å². The zero-order chi connectivity index (χ0) is 16.6. The number of benzene rings is 1. The first-order chi connectivity index (χ1) is 11.0. The molecule has 0 spiro atoms. The monoisotopic (exact) mass is 320 g/mol. The number of β-amino-alcohol motifs (C(OH)–C–C–N with tert-alkyl or cyclic N) is 1. The third-order valence-electron chi connectivity index (χ3n) is 4.87. The smallest absolute Gasteiger partial charge is 0.317 e. The van der Waals surface area contributed by atoms with Crippen LogP contribution >= 0.6 is 0 Å². The van der Waals surface area contributed by atoms with E-state index in [1.165, 1.54) is 6.42 Å². The van der Waals surface area contributed by atoms with Crippen LogP contribution in [-0.4, -0.2) is 43.3 Å². The summed E-state index contributed by atoms with van der Waals surface area (Å²) in [6.45, 7) is 3.55. The van der Waals surface area contributed by atoms with Crippen LogP contribution in [0.2, 0.25) is 0 Å². The molecule has 0 radical (unpaired) electrons. The molecule has 2 amide bonds. The Morgan fingerprint density at radius 2 is 2.00 bits per heavy atom. The molecule has 2 aliphatic rings. The predicted octanol–water partition coefficient (Wildman–Crippen LogP) is 1.92. The van der Waals surface area contributed by atoms with Crippen molar-refractivity contribution in [2.75, 3.05) is 27.3 Å². The minimum absolute atomic E-state index is 0.140. The van der Waals surface area contributed by atoms with E-state index < -0.39 is 6.10 Å². The number of aliphatic hydroxyl groups is 1. The van der Waals surface area contributed by atoms with Crippen LogP contribution < -0.4 is 14.8 Å². The van der Waals surface area contributed by atoms with Crippen LogP contribution in [0.4, 0.5) is 4.79 Å². The van der Waals surface area contributed by atoms with Gasteiger partial charge in [0.1, 0.15) is 17.6 Å². The number of ether oxygens (including phenoxy) is 2. The summed E-state index contributed by atoms with van der Waals surface area (Å²) in [5.74, 6) is 2.58. The number of amides is 2. The minimum atomic E-state index is -0.783. The molecule has 0 unspecified atom stereocenters. The summed E-state index contributed by atoms with van der Waals surface area (Å²) in [5.41, 5.74) is 1.52. The fourth-order valence-electron chi connectivity index (χ4n) is 3.24. The molecular weight excluding hydrogens is 296 g/mol. The van der Waals surface area contributed by atoms with Crippen molar-refractivity contribution < 1.29 is 19.4 Å². The third-order valence-corrected chi connectivity index (χ3v) is 4.87. The molecule has 1 aromatic carbocycles. The highest BCUT2D eigenvalue weighted by Crippen LogP contribution is 2.39. The second kappa shape index (κ2) is 6.28. The fraction of sp³-hybridized carbons (Fsp3) is 0.588. The number of methoxy groups -OCH3 is 2. The standard InChI is InChI=1S/C17H24N2O4/c1-10-6-11(10)7-18-17(21)19-8-12-14(22-2)4-5-15(23-3)16(12)13(20)9-19/h4-5,10-11,13,20H,6-9H2,1-3H3,(H,18,21)/t10-,11-,13+/m0/s1. The molecule has 6 heteroatoms. The Morgan fingerprint density at radius 3 is 2.61 bits per heavy atom. The molecule has 1 saturated carbocycles. The van der Waals surface area contributed by atoms with Gasteiger partial charge in [-0.3, -0.25) is 0 Å². The lowest BCUT2D eigenvalue weighted by Gasteiger charge is -2.34. The SMILES string of the molecule is COc1ccc(OC)c2c1CN(C(=O)NC[C@@H]1C[C@@H]1C)C[C@H]2O. The van der Waals surface area contributed by atoms with E-state index in [9.17, 15) is 9.90 Å². The van der Waals surface area contributed by atoms with Gasteiger partial charge in [0.2, 0.25) is 0 Å². The van der Waals surface area contributed by atoms with Gasteiger partial charge >= 0.3 is 6.03 Å². The number of carbonyl (C=O) groups excluding carboxylic acids is 1. The first-order valence-electron chi connectivity index (χ1n) is 7.99. The molecule has 6 nitrogen and oxygen atoms in total. The molecule has 2 N–H and O–H groups in total. The maximum atomic E-state index is 12.4. The van der Waals surface area contributed by atoms with E-state index in [2.05, 4.69) is 12.2 Å². The van der Waals surface area contributed by atoms with Crippen molar-refractivity contribution >= 4 is 6.03 Å². The Kier molecular flexibility index (Phi) is 4.35. The van der Waals surface area contributed by atoms with Crippen LogP contribution in [0.25, 0.3) is 0 Å². The summed E-state index contributed by atoms with van der Waals surface area (Å²) in [7, 11) is 3.16. The molecule has 126 valence electrons. The first-order valence-corrected chi connectivity index (χ1v) is 7.99. The fourth-order valence-corrected chi connectivity index (χ4v) is 3.24. The normalized spacial score (nSPS) is 25.6. The van der Waals surface area contributed by atoms with Gasteiger partial charge in [-0.05, 0) is 30.4 Å². The summed E-state index contributed by atoms with van der Waals surface area (Å²) in [5, 5.41) is 13.5. The van der Waals surface area contributed by atoms with E-state index in [1.807, 2.05) is 0 Å². The zero-order valence-electron chi connectivity index (χ0n) is 13.8.